The quantitative estimate of drug-likeness (QED) is 0.888. The van der Waals surface area contributed by atoms with Gasteiger partial charge in [-0.3, -0.25) is 0 Å². The van der Waals surface area contributed by atoms with Crippen molar-refractivity contribution in [1.29, 1.82) is 0 Å². The predicted octanol–water partition coefficient (Wildman–Crippen LogP) is 3.08. The first-order valence-corrected chi connectivity index (χ1v) is 6.42. The summed E-state index contributed by atoms with van der Waals surface area (Å²) in [5.74, 6) is 1.62. The first kappa shape index (κ1) is 13.6. The van der Waals surface area contributed by atoms with Crippen LogP contribution >= 0.6 is 0 Å². The summed E-state index contributed by atoms with van der Waals surface area (Å²) in [6.07, 6.45) is -0.556. The van der Waals surface area contributed by atoms with Crippen LogP contribution in [0.1, 0.15) is 31.3 Å². The lowest BCUT2D eigenvalue weighted by atomic mass is 10.0. The van der Waals surface area contributed by atoms with Crippen LogP contribution in [0.3, 0.4) is 0 Å². The van der Waals surface area contributed by atoms with E-state index in [1.807, 2.05) is 45.0 Å². The highest BCUT2D eigenvalue weighted by molar-refractivity contribution is 5.64. The average Bonchev–Trinajstić information content (AvgIpc) is 2.79. The van der Waals surface area contributed by atoms with E-state index < -0.39 is 6.10 Å². The lowest BCUT2D eigenvalue weighted by molar-refractivity contribution is 0.122. The highest BCUT2D eigenvalue weighted by atomic mass is 16.5. The number of ether oxygens (including phenoxy) is 1. The van der Waals surface area contributed by atoms with Crippen LogP contribution < -0.4 is 4.74 Å². The molecular weight excluding hydrogens is 240 g/mol. The fourth-order valence-electron chi connectivity index (χ4n) is 2.05. The van der Waals surface area contributed by atoms with Crippen LogP contribution in [0, 0.1) is 12.8 Å². The predicted molar refractivity (Wildman–Crippen MR) is 75.1 cm³/mol. The number of rotatable bonds is 4. The zero-order valence-corrected chi connectivity index (χ0v) is 11.8. The number of aromatic amines is 1. The molecule has 0 fully saturated rings. The Bertz CT molecular complexity index is 561. The molecule has 0 aliphatic carbocycles. The molecule has 102 valence electrons. The molecule has 2 rings (SSSR count). The van der Waals surface area contributed by atoms with Crippen molar-refractivity contribution in [3.05, 3.63) is 35.7 Å². The van der Waals surface area contributed by atoms with Gasteiger partial charge >= 0.3 is 0 Å². The molecular formula is C15H20N2O2. The maximum Gasteiger partial charge on any atom is 0.141 e. The third-order valence-corrected chi connectivity index (χ3v) is 3.20. The molecule has 19 heavy (non-hydrogen) atoms. The number of aliphatic hydroxyl groups is 1. The number of hydrogen-bond acceptors (Lipinski definition) is 3. The largest absolute Gasteiger partial charge is 0.496 e. The molecule has 1 aromatic carbocycles. The number of para-hydroxylation sites is 1. The van der Waals surface area contributed by atoms with E-state index in [-0.39, 0.29) is 5.92 Å². The summed E-state index contributed by atoms with van der Waals surface area (Å²) in [5.41, 5.74) is 2.49. The van der Waals surface area contributed by atoms with Crippen LogP contribution in [-0.2, 0) is 0 Å². The third kappa shape index (κ3) is 2.63. The maximum atomic E-state index is 10.2. The van der Waals surface area contributed by atoms with Crippen molar-refractivity contribution < 1.29 is 9.84 Å². The Labute approximate surface area is 113 Å². The molecule has 0 aliphatic heterocycles. The number of H-pyrrole nitrogens is 1. The van der Waals surface area contributed by atoms with Crippen molar-refractivity contribution in [3.63, 3.8) is 0 Å². The van der Waals surface area contributed by atoms with Gasteiger partial charge in [-0.2, -0.15) is 0 Å². The minimum absolute atomic E-state index is 0.132. The molecule has 0 spiro atoms. The number of imidazole rings is 1. The topological polar surface area (TPSA) is 58.1 Å². The molecule has 0 aliphatic rings. The van der Waals surface area contributed by atoms with E-state index in [2.05, 4.69) is 9.97 Å². The number of hydrogen-bond donors (Lipinski definition) is 2. The minimum atomic E-state index is -0.556. The minimum Gasteiger partial charge on any atom is -0.496 e. The monoisotopic (exact) mass is 260 g/mol. The fraction of sp³-hybridized carbons (Fsp3) is 0.400. The first-order chi connectivity index (χ1) is 9.04. The molecule has 1 aromatic heterocycles. The van der Waals surface area contributed by atoms with Crippen molar-refractivity contribution in [2.75, 3.05) is 7.11 Å². The van der Waals surface area contributed by atoms with Crippen molar-refractivity contribution in [2.24, 2.45) is 5.92 Å². The number of aromatic nitrogens is 2. The highest BCUT2D eigenvalue weighted by Crippen LogP contribution is 2.30. The number of methoxy groups -OCH3 is 1. The number of benzene rings is 1. The Kier molecular flexibility index (Phi) is 3.90. The summed E-state index contributed by atoms with van der Waals surface area (Å²) >= 11 is 0. The highest BCUT2D eigenvalue weighted by Gasteiger charge is 2.20. The second kappa shape index (κ2) is 5.45. The number of nitrogens with zero attached hydrogens (tertiary/aromatic N) is 1. The Balaban J connectivity index is 2.45. The summed E-state index contributed by atoms with van der Waals surface area (Å²) in [4.78, 5) is 7.74. The Morgan fingerprint density at radius 3 is 2.58 bits per heavy atom. The van der Waals surface area contributed by atoms with Gasteiger partial charge in [-0.05, 0) is 25.0 Å². The number of aliphatic hydroxyl groups excluding tert-OH is 1. The Morgan fingerprint density at radius 1 is 1.26 bits per heavy atom. The summed E-state index contributed by atoms with van der Waals surface area (Å²) < 4.78 is 5.33. The Hall–Kier alpha value is -1.81. The van der Waals surface area contributed by atoms with E-state index in [4.69, 9.17) is 4.74 Å². The third-order valence-electron chi connectivity index (χ3n) is 3.20. The van der Waals surface area contributed by atoms with Gasteiger partial charge in [-0.15, -0.1) is 0 Å². The van der Waals surface area contributed by atoms with Crippen LogP contribution in [0.5, 0.6) is 5.75 Å². The van der Waals surface area contributed by atoms with Crippen LogP contribution in [0.4, 0.5) is 0 Å². The molecule has 0 saturated carbocycles. The normalized spacial score (nSPS) is 12.7. The molecule has 0 saturated heterocycles. The average molecular weight is 260 g/mol. The van der Waals surface area contributed by atoms with E-state index in [9.17, 15) is 5.11 Å². The van der Waals surface area contributed by atoms with E-state index in [1.54, 1.807) is 7.11 Å². The molecule has 4 heteroatoms. The van der Waals surface area contributed by atoms with Crippen molar-refractivity contribution >= 4 is 0 Å². The van der Waals surface area contributed by atoms with Gasteiger partial charge < -0.3 is 14.8 Å². The van der Waals surface area contributed by atoms with Gasteiger partial charge in [-0.1, -0.05) is 26.0 Å². The zero-order valence-electron chi connectivity index (χ0n) is 11.8. The van der Waals surface area contributed by atoms with E-state index >= 15 is 0 Å². The standard InChI is InChI=1S/C15H20N2O2/c1-9(2)14(18)13-10(3)16-15(17-13)11-7-5-6-8-12(11)19-4/h5-9,14,18H,1-4H3,(H,16,17). The van der Waals surface area contributed by atoms with E-state index in [1.165, 1.54) is 0 Å². The van der Waals surface area contributed by atoms with Crippen LogP contribution in [0.15, 0.2) is 24.3 Å². The first-order valence-electron chi connectivity index (χ1n) is 6.42. The molecule has 2 aromatic rings. The van der Waals surface area contributed by atoms with Gasteiger partial charge in [0.15, 0.2) is 0 Å². The second-order valence-electron chi connectivity index (χ2n) is 4.98. The number of aryl methyl sites for hydroxylation is 1. The lowest BCUT2D eigenvalue weighted by Gasteiger charge is -2.12. The fourth-order valence-corrected chi connectivity index (χ4v) is 2.05. The molecule has 4 nitrogen and oxygen atoms in total. The van der Waals surface area contributed by atoms with Crippen LogP contribution in [0.25, 0.3) is 11.4 Å². The van der Waals surface area contributed by atoms with Crippen LogP contribution in [-0.4, -0.2) is 22.2 Å². The molecule has 0 amide bonds. The van der Waals surface area contributed by atoms with Gasteiger partial charge in [0.05, 0.1) is 18.4 Å². The smallest absolute Gasteiger partial charge is 0.141 e. The van der Waals surface area contributed by atoms with E-state index in [0.29, 0.717) is 5.69 Å². The lowest BCUT2D eigenvalue weighted by Crippen LogP contribution is -2.07. The van der Waals surface area contributed by atoms with Gasteiger partial charge in [0.2, 0.25) is 0 Å². The molecule has 1 heterocycles. The Morgan fingerprint density at radius 2 is 1.95 bits per heavy atom. The second-order valence-corrected chi connectivity index (χ2v) is 4.98. The van der Waals surface area contributed by atoms with Gasteiger partial charge in [0.1, 0.15) is 17.7 Å². The summed E-state index contributed by atoms with van der Waals surface area (Å²) in [5, 5.41) is 10.2. The molecule has 1 atom stereocenters. The summed E-state index contributed by atoms with van der Waals surface area (Å²) in [7, 11) is 1.64. The van der Waals surface area contributed by atoms with Gasteiger partial charge in [0, 0.05) is 5.69 Å². The zero-order chi connectivity index (χ0) is 14.0. The molecule has 0 radical (unpaired) electrons. The molecule has 1 unspecified atom stereocenters. The SMILES string of the molecule is COc1ccccc1-c1nc(C(O)C(C)C)c(C)[nH]1. The summed E-state index contributed by atoms with van der Waals surface area (Å²) in [6.45, 7) is 5.87. The van der Waals surface area contributed by atoms with Crippen molar-refractivity contribution in [2.45, 2.75) is 26.9 Å². The van der Waals surface area contributed by atoms with Crippen molar-refractivity contribution in [1.82, 2.24) is 9.97 Å². The summed E-state index contributed by atoms with van der Waals surface area (Å²) in [6, 6.07) is 7.70. The molecule has 0 bridgehead atoms. The van der Waals surface area contributed by atoms with Crippen LogP contribution in [0.2, 0.25) is 0 Å². The number of nitrogens with one attached hydrogen (secondary N) is 1. The molecule has 2 N–H and O–H groups in total. The van der Waals surface area contributed by atoms with Gasteiger partial charge in [0.25, 0.3) is 0 Å². The van der Waals surface area contributed by atoms with Crippen molar-refractivity contribution in [3.8, 4) is 17.1 Å². The maximum absolute atomic E-state index is 10.2. The van der Waals surface area contributed by atoms with E-state index in [0.717, 1.165) is 22.8 Å². The van der Waals surface area contributed by atoms with Gasteiger partial charge in [-0.25, -0.2) is 4.98 Å².